The molecule has 0 aliphatic carbocycles. The molecule has 0 amide bonds. The molecule has 16 heavy (non-hydrogen) atoms. The summed E-state index contributed by atoms with van der Waals surface area (Å²) >= 11 is 3.38. The molecule has 0 fully saturated rings. The number of carbonyl (C=O) groups is 1. The van der Waals surface area contributed by atoms with Gasteiger partial charge in [-0.1, -0.05) is 28.1 Å². The molecule has 0 unspecified atom stereocenters. The van der Waals surface area contributed by atoms with E-state index in [1.807, 2.05) is 24.3 Å². The molecule has 0 N–H and O–H groups in total. The van der Waals surface area contributed by atoms with E-state index in [0.29, 0.717) is 12.4 Å². The average Bonchev–Trinajstić information content (AvgIpc) is 2.28. The van der Waals surface area contributed by atoms with Gasteiger partial charge in [-0.2, -0.15) is 0 Å². The highest BCUT2D eigenvalue weighted by atomic mass is 79.9. The second kappa shape index (κ2) is 7.28. The zero-order chi connectivity index (χ0) is 11.8. The Morgan fingerprint density at radius 3 is 2.94 bits per heavy atom. The molecule has 0 aliphatic rings. The molecule has 0 radical (unpaired) electrons. The highest BCUT2D eigenvalue weighted by molar-refractivity contribution is 9.09. The molecule has 0 aromatic heterocycles. The topological polar surface area (TPSA) is 35.5 Å². The molecule has 3 nitrogen and oxygen atoms in total. The van der Waals surface area contributed by atoms with Crippen LogP contribution in [0.15, 0.2) is 24.3 Å². The van der Waals surface area contributed by atoms with Crippen molar-refractivity contribution in [3.05, 3.63) is 29.8 Å². The zero-order valence-corrected chi connectivity index (χ0v) is 10.8. The van der Waals surface area contributed by atoms with Gasteiger partial charge in [-0.25, -0.2) is 4.79 Å². The minimum absolute atomic E-state index is 0.0361. The molecule has 4 heteroatoms. The van der Waals surface area contributed by atoms with Gasteiger partial charge in [0.1, 0.15) is 5.75 Å². The fourth-order valence-corrected chi connectivity index (χ4v) is 1.70. The second-order valence-corrected chi connectivity index (χ2v) is 3.97. The SMILES string of the molecule is CCOC(=O)COc1cccc(CCBr)c1. The summed E-state index contributed by atoms with van der Waals surface area (Å²) in [5, 5.41) is 0.911. The Kier molecular flexibility index (Phi) is 5.93. The summed E-state index contributed by atoms with van der Waals surface area (Å²) < 4.78 is 10.1. The highest BCUT2D eigenvalue weighted by Crippen LogP contribution is 2.14. The van der Waals surface area contributed by atoms with E-state index in [1.54, 1.807) is 6.92 Å². The zero-order valence-electron chi connectivity index (χ0n) is 9.24. The number of aryl methyl sites for hydroxylation is 1. The van der Waals surface area contributed by atoms with Crippen LogP contribution < -0.4 is 4.74 Å². The summed E-state index contributed by atoms with van der Waals surface area (Å²) in [5.41, 5.74) is 1.18. The molecule has 0 atom stereocenters. The first-order valence-corrected chi connectivity index (χ1v) is 6.31. The molecule has 0 bridgehead atoms. The number of carbonyl (C=O) groups excluding carboxylic acids is 1. The van der Waals surface area contributed by atoms with Crippen LogP contribution in [0.5, 0.6) is 5.75 Å². The van der Waals surface area contributed by atoms with Gasteiger partial charge in [-0.05, 0) is 31.0 Å². The Labute approximate surface area is 104 Å². The molecule has 0 heterocycles. The monoisotopic (exact) mass is 286 g/mol. The number of rotatable bonds is 6. The smallest absolute Gasteiger partial charge is 0.344 e. The summed E-state index contributed by atoms with van der Waals surface area (Å²) in [6.45, 7) is 2.12. The molecule has 88 valence electrons. The second-order valence-electron chi connectivity index (χ2n) is 3.18. The van der Waals surface area contributed by atoms with Gasteiger partial charge in [-0.3, -0.25) is 0 Å². The number of ether oxygens (including phenoxy) is 2. The number of halogens is 1. The number of hydrogen-bond donors (Lipinski definition) is 0. The van der Waals surface area contributed by atoms with Crippen molar-refractivity contribution in [2.75, 3.05) is 18.5 Å². The van der Waals surface area contributed by atoms with Crippen molar-refractivity contribution in [3.63, 3.8) is 0 Å². The fraction of sp³-hybridized carbons (Fsp3) is 0.417. The third kappa shape index (κ3) is 4.66. The standard InChI is InChI=1S/C12H15BrO3/c1-2-15-12(14)9-16-11-5-3-4-10(8-11)6-7-13/h3-5,8H,2,6-7,9H2,1H3. The minimum Gasteiger partial charge on any atom is -0.482 e. The summed E-state index contributed by atoms with van der Waals surface area (Å²) in [7, 11) is 0. The van der Waals surface area contributed by atoms with Crippen LogP contribution >= 0.6 is 15.9 Å². The molecule has 0 spiro atoms. The first kappa shape index (κ1) is 13.0. The Morgan fingerprint density at radius 1 is 1.44 bits per heavy atom. The number of alkyl halides is 1. The van der Waals surface area contributed by atoms with Gasteiger partial charge in [-0.15, -0.1) is 0 Å². The first-order valence-electron chi connectivity index (χ1n) is 5.19. The van der Waals surface area contributed by atoms with Crippen molar-refractivity contribution in [3.8, 4) is 5.75 Å². The summed E-state index contributed by atoms with van der Waals surface area (Å²) in [5.74, 6) is 0.361. The lowest BCUT2D eigenvalue weighted by atomic mass is 10.2. The van der Waals surface area contributed by atoms with Crippen LogP contribution in [0, 0.1) is 0 Å². The molecule has 0 aliphatic heterocycles. The van der Waals surface area contributed by atoms with Crippen LogP contribution in [-0.4, -0.2) is 24.5 Å². The average molecular weight is 287 g/mol. The first-order chi connectivity index (χ1) is 7.76. The van der Waals surface area contributed by atoms with E-state index in [2.05, 4.69) is 15.9 Å². The van der Waals surface area contributed by atoms with E-state index in [1.165, 1.54) is 5.56 Å². The maximum absolute atomic E-state index is 11.1. The maximum atomic E-state index is 11.1. The normalized spacial score (nSPS) is 9.88. The van der Waals surface area contributed by atoms with Gasteiger partial charge in [0.05, 0.1) is 6.61 Å². The molecule has 1 aromatic rings. The van der Waals surface area contributed by atoms with Crippen LogP contribution in [0.3, 0.4) is 0 Å². The van der Waals surface area contributed by atoms with Crippen molar-refractivity contribution < 1.29 is 14.3 Å². The molecular weight excluding hydrogens is 272 g/mol. The molecular formula is C12H15BrO3. The Morgan fingerprint density at radius 2 is 2.25 bits per heavy atom. The van der Waals surface area contributed by atoms with Crippen LogP contribution in [0.1, 0.15) is 12.5 Å². The van der Waals surface area contributed by atoms with E-state index in [0.717, 1.165) is 11.8 Å². The van der Waals surface area contributed by atoms with Crippen molar-refractivity contribution in [2.24, 2.45) is 0 Å². The van der Waals surface area contributed by atoms with Gasteiger partial charge in [0.25, 0.3) is 0 Å². The lowest BCUT2D eigenvalue weighted by Gasteiger charge is -2.06. The lowest BCUT2D eigenvalue weighted by molar-refractivity contribution is -0.145. The highest BCUT2D eigenvalue weighted by Gasteiger charge is 2.03. The van der Waals surface area contributed by atoms with Crippen molar-refractivity contribution >= 4 is 21.9 Å². The molecule has 0 saturated carbocycles. The number of benzene rings is 1. The van der Waals surface area contributed by atoms with Gasteiger partial charge >= 0.3 is 5.97 Å². The van der Waals surface area contributed by atoms with Crippen LogP contribution in [0.2, 0.25) is 0 Å². The lowest BCUT2D eigenvalue weighted by Crippen LogP contribution is -2.14. The molecule has 1 aromatic carbocycles. The van der Waals surface area contributed by atoms with Gasteiger partial charge < -0.3 is 9.47 Å². The molecule has 0 saturated heterocycles. The predicted octanol–water partition coefficient (Wildman–Crippen LogP) is 2.57. The van der Waals surface area contributed by atoms with Crippen LogP contribution in [0.4, 0.5) is 0 Å². The third-order valence-corrected chi connectivity index (χ3v) is 2.34. The van der Waals surface area contributed by atoms with Gasteiger partial charge in [0, 0.05) is 5.33 Å². The molecule has 1 rings (SSSR count). The van der Waals surface area contributed by atoms with E-state index in [9.17, 15) is 4.79 Å². The summed E-state index contributed by atoms with van der Waals surface area (Å²) in [6, 6.07) is 7.70. The van der Waals surface area contributed by atoms with E-state index < -0.39 is 0 Å². The van der Waals surface area contributed by atoms with Gasteiger partial charge in [0.15, 0.2) is 6.61 Å². The van der Waals surface area contributed by atoms with Crippen LogP contribution in [0.25, 0.3) is 0 Å². The Balaban J connectivity index is 2.47. The minimum atomic E-state index is -0.339. The number of esters is 1. The summed E-state index contributed by atoms with van der Waals surface area (Å²) in [4.78, 5) is 11.1. The Hall–Kier alpha value is -1.03. The number of hydrogen-bond acceptors (Lipinski definition) is 3. The quantitative estimate of drug-likeness (QED) is 0.596. The van der Waals surface area contributed by atoms with Crippen molar-refractivity contribution in [2.45, 2.75) is 13.3 Å². The fourth-order valence-electron chi connectivity index (χ4n) is 1.24. The Bertz CT molecular complexity index is 339. The summed E-state index contributed by atoms with van der Waals surface area (Å²) in [6.07, 6.45) is 0.941. The van der Waals surface area contributed by atoms with E-state index in [4.69, 9.17) is 9.47 Å². The van der Waals surface area contributed by atoms with E-state index >= 15 is 0 Å². The van der Waals surface area contributed by atoms with Crippen molar-refractivity contribution in [1.82, 2.24) is 0 Å². The largest absolute Gasteiger partial charge is 0.482 e. The van der Waals surface area contributed by atoms with Crippen LogP contribution in [-0.2, 0) is 16.0 Å². The van der Waals surface area contributed by atoms with Gasteiger partial charge in [0.2, 0.25) is 0 Å². The maximum Gasteiger partial charge on any atom is 0.344 e. The van der Waals surface area contributed by atoms with E-state index in [-0.39, 0.29) is 12.6 Å². The third-order valence-electron chi connectivity index (χ3n) is 1.94. The van der Waals surface area contributed by atoms with Crippen molar-refractivity contribution in [1.29, 1.82) is 0 Å². The predicted molar refractivity (Wildman–Crippen MR) is 66.1 cm³/mol.